The van der Waals surface area contributed by atoms with E-state index >= 15 is 0 Å². The molecule has 0 aromatic heterocycles. The van der Waals surface area contributed by atoms with E-state index in [0.29, 0.717) is 18.8 Å². The van der Waals surface area contributed by atoms with Crippen molar-refractivity contribution in [3.8, 4) is 0 Å². The summed E-state index contributed by atoms with van der Waals surface area (Å²) in [7, 11) is 0. The van der Waals surface area contributed by atoms with Gasteiger partial charge in [0.05, 0.1) is 0 Å². The number of rotatable bonds is 3. The first kappa shape index (κ1) is 16.8. The molecular formula is C21H21FN2O2. The summed E-state index contributed by atoms with van der Waals surface area (Å²) >= 11 is 0. The second kappa shape index (κ2) is 6.24. The van der Waals surface area contributed by atoms with Crippen LogP contribution in [0.2, 0.25) is 0 Å². The van der Waals surface area contributed by atoms with Gasteiger partial charge in [0.15, 0.2) is 0 Å². The number of likely N-dealkylation sites (tertiary alicyclic amines) is 1. The molecule has 26 heavy (non-hydrogen) atoms. The first-order valence-corrected chi connectivity index (χ1v) is 8.90. The van der Waals surface area contributed by atoms with E-state index in [1.807, 2.05) is 36.1 Å². The van der Waals surface area contributed by atoms with Crippen molar-refractivity contribution >= 4 is 17.5 Å². The highest BCUT2D eigenvalue weighted by Gasteiger charge is 2.61. The van der Waals surface area contributed by atoms with E-state index in [0.717, 1.165) is 24.0 Å². The quantitative estimate of drug-likeness (QED) is 0.917. The van der Waals surface area contributed by atoms with Crippen molar-refractivity contribution in [1.29, 1.82) is 0 Å². The fourth-order valence-corrected chi connectivity index (χ4v) is 4.02. The van der Waals surface area contributed by atoms with Gasteiger partial charge in [0.25, 0.3) is 5.91 Å². The monoisotopic (exact) mass is 352 g/mol. The SMILES string of the molecule is Cc1ccccc1C(=O)N1CC[C@@]2(C[C@@H]2C(=O)Nc2cccc(F)c2)C1. The summed E-state index contributed by atoms with van der Waals surface area (Å²) in [6.45, 7) is 3.23. The highest BCUT2D eigenvalue weighted by atomic mass is 19.1. The number of halogens is 1. The molecule has 1 heterocycles. The van der Waals surface area contributed by atoms with E-state index in [1.165, 1.54) is 12.1 Å². The van der Waals surface area contributed by atoms with Crippen molar-refractivity contribution in [2.24, 2.45) is 11.3 Å². The maximum absolute atomic E-state index is 13.3. The average molecular weight is 352 g/mol. The highest BCUT2D eigenvalue weighted by molar-refractivity contribution is 5.97. The number of benzene rings is 2. The minimum absolute atomic E-state index is 0.0381. The zero-order valence-electron chi connectivity index (χ0n) is 14.7. The van der Waals surface area contributed by atoms with Crippen molar-refractivity contribution in [3.63, 3.8) is 0 Å². The number of aryl methyl sites for hydroxylation is 1. The number of hydrogen-bond donors (Lipinski definition) is 1. The fourth-order valence-electron chi connectivity index (χ4n) is 4.02. The molecule has 1 saturated heterocycles. The maximum atomic E-state index is 13.3. The maximum Gasteiger partial charge on any atom is 0.254 e. The molecule has 1 saturated carbocycles. The Morgan fingerprint density at radius 2 is 2.00 bits per heavy atom. The molecule has 2 aromatic carbocycles. The predicted molar refractivity (Wildman–Crippen MR) is 97.3 cm³/mol. The summed E-state index contributed by atoms with van der Waals surface area (Å²) < 4.78 is 13.3. The van der Waals surface area contributed by atoms with Gasteiger partial charge in [0.1, 0.15) is 5.82 Å². The lowest BCUT2D eigenvalue weighted by Gasteiger charge is -2.18. The van der Waals surface area contributed by atoms with Crippen LogP contribution < -0.4 is 5.32 Å². The van der Waals surface area contributed by atoms with Gasteiger partial charge in [-0.2, -0.15) is 0 Å². The Balaban J connectivity index is 1.41. The van der Waals surface area contributed by atoms with E-state index < -0.39 is 0 Å². The van der Waals surface area contributed by atoms with Crippen molar-refractivity contribution in [3.05, 3.63) is 65.5 Å². The van der Waals surface area contributed by atoms with Crippen molar-refractivity contribution in [2.75, 3.05) is 18.4 Å². The van der Waals surface area contributed by atoms with Gasteiger partial charge in [-0.15, -0.1) is 0 Å². The molecular weight excluding hydrogens is 331 g/mol. The predicted octanol–water partition coefficient (Wildman–Crippen LogP) is 3.63. The molecule has 0 unspecified atom stereocenters. The molecule has 5 heteroatoms. The Hall–Kier alpha value is -2.69. The van der Waals surface area contributed by atoms with Gasteiger partial charge in [-0.05, 0) is 49.6 Å². The normalized spacial score (nSPS) is 23.9. The van der Waals surface area contributed by atoms with Crippen molar-refractivity contribution < 1.29 is 14.0 Å². The Morgan fingerprint density at radius 1 is 1.19 bits per heavy atom. The number of hydrogen-bond acceptors (Lipinski definition) is 2. The number of amides is 2. The third-order valence-corrected chi connectivity index (χ3v) is 5.65. The molecule has 0 radical (unpaired) electrons. The van der Waals surface area contributed by atoms with Crippen LogP contribution in [0.5, 0.6) is 0 Å². The number of carbonyl (C=O) groups is 2. The summed E-state index contributed by atoms with van der Waals surface area (Å²) in [5.74, 6) is -0.526. The Bertz CT molecular complexity index is 882. The molecule has 1 spiro atoms. The lowest BCUT2D eigenvalue weighted by Crippen LogP contribution is -2.30. The summed E-state index contributed by atoms with van der Waals surface area (Å²) in [6, 6.07) is 13.5. The van der Waals surface area contributed by atoms with Crippen LogP contribution in [0.1, 0.15) is 28.8 Å². The minimum atomic E-state index is -0.371. The Morgan fingerprint density at radius 3 is 2.77 bits per heavy atom. The van der Waals surface area contributed by atoms with Gasteiger partial charge in [-0.3, -0.25) is 9.59 Å². The van der Waals surface area contributed by atoms with Crippen LogP contribution in [0.25, 0.3) is 0 Å². The summed E-state index contributed by atoms with van der Waals surface area (Å²) in [5, 5.41) is 2.80. The van der Waals surface area contributed by atoms with E-state index in [9.17, 15) is 14.0 Å². The van der Waals surface area contributed by atoms with Crippen LogP contribution in [-0.4, -0.2) is 29.8 Å². The first-order chi connectivity index (χ1) is 12.5. The van der Waals surface area contributed by atoms with Crippen LogP contribution >= 0.6 is 0 Å². The van der Waals surface area contributed by atoms with Crippen LogP contribution in [0.15, 0.2) is 48.5 Å². The molecule has 4 nitrogen and oxygen atoms in total. The topological polar surface area (TPSA) is 49.4 Å². The van der Waals surface area contributed by atoms with E-state index in [2.05, 4.69) is 5.32 Å². The smallest absolute Gasteiger partial charge is 0.254 e. The second-order valence-electron chi connectivity index (χ2n) is 7.41. The van der Waals surface area contributed by atoms with Crippen molar-refractivity contribution in [1.82, 2.24) is 4.90 Å². The molecule has 1 N–H and O–H groups in total. The molecule has 2 aromatic rings. The molecule has 1 aliphatic heterocycles. The molecule has 2 atom stereocenters. The Labute approximate surface area is 152 Å². The van der Waals surface area contributed by atoms with Gasteiger partial charge in [0, 0.05) is 35.7 Å². The molecule has 134 valence electrons. The summed E-state index contributed by atoms with van der Waals surface area (Å²) in [5.41, 5.74) is 2.05. The van der Waals surface area contributed by atoms with Gasteiger partial charge in [-0.1, -0.05) is 24.3 Å². The van der Waals surface area contributed by atoms with E-state index in [-0.39, 0.29) is 29.0 Å². The number of carbonyl (C=O) groups excluding carboxylic acids is 2. The molecule has 2 fully saturated rings. The highest BCUT2D eigenvalue weighted by Crippen LogP contribution is 2.59. The third kappa shape index (κ3) is 2.98. The molecule has 2 amide bonds. The third-order valence-electron chi connectivity index (χ3n) is 5.65. The molecule has 0 bridgehead atoms. The van der Waals surface area contributed by atoms with Crippen LogP contribution in [0.3, 0.4) is 0 Å². The minimum Gasteiger partial charge on any atom is -0.338 e. The number of anilines is 1. The average Bonchev–Trinajstić information content (AvgIpc) is 3.15. The summed E-state index contributed by atoms with van der Waals surface area (Å²) in [4.78, 5) is 27.1. The second-order valence-corrected chi connectivity index (χ2v) is 7.41. The zero-order chi connectivity index (χ0) is 18.3. The molecule has 4 rings (SSSR count). The summed E-state index contributed by atoms with van der Waals surface area (Å²) in [6.07, 6.45) is 1.62. The molecule has 1 aliphatic carbocycles. The lowest BCUT2D eigenvalue weighted by atomic mass is 10.0. The number of nitrogens with zero attached hydrogens (tertiary/aromatic N) is 1. The van der Waals surface area contributed by atoms with Gasteiger partial charge < -0.3 is 10.2 Å². The van der Waals surface area contributed by atoms with Gasteiger partial charge in [-0.25, -0.2) is 4.39 Å². The first-order valence-electron chi connectivity index (χ1n) is 8.90. The van der Waals surface area contributed by atoms with Crippen LogP contribution in [0.4, 0.5) is 10.1 Å². The van der Waals surface area contributed by atoms with Gasteiger partial charge in [0.2, 0.25) is 5.91 Å². The van der Waals surface area contributed by atoms with E-state index in [1.54, 1.807) is 12.1 Å². The molecule has 2 aliphatic rings. The Kier molecular flexibility index (Phi) is 4.02. The fraction of sp³-hybridized carbons (Fsp3) is 0.333. The largest absolute Gasteiger partial charge is 0.338 e. The zero-order valence-corrected chi connectivity index (χ0v) is 14.7. The lowest BCUT2D eigenvalue weighted by molar-refractivity contribution is -0.118. The van der Waals surface area contributed by atoms with Crippen LogP contribution in [0, 0.1) is 24.1 Å². The van der Waals surface area contributed by atoms with Crippen LogP contribution in [-0.2, 0) is 4.79 Å². The van der Waals surface area contributed by atoms with Gasteiger partial charge >= 0.3 is 0 Å². The standard InChI is InChI=1S/C21H21FN2O2/c1-14-5-2-3-8-17(14)20(26)24-10-9-21(13-24)12-18(21)19(25)23-16-7-4-6-15(22)11-16/h2-8,11,18H,9-10,12-13H2,1H3,(H,23,25)/t18-,21-/m1/s1. The van der Waals surface area contributed by atoms with Crippen molar-refractivity contribution in [2.45, 2.75) is 19.8 Å². The number of nitrogens with one attached hydrogen (secondary N) is 1. The van der Waals surface area contributed by atoms with E-state index in [4.69, 9.17) is 0 Å².